The van der Waals surface area contributed by atoms with Gasteiger partial charge in [-0.15, -0.1) is 0 Å². The van der Waals surface area contributed by atoms with Gasteiger partial charge in [-0.25, -0.2) is 13.2 Å². The predicted molar refractivity (Wildman–Crippen MR) is 97.8 cm³/mol. The van der Waals surface area contributed by atoms with Crippen LogP contribution in [0.4, 0.5) is 18.9 Å². The van der Waals surface area contributed by atoms with Gasteiger partial charge >= 0.3 is 0 Å². The molecule has 0 bridgehead atoms. The predicted octanol–water partition coefficient (Wildman–Crippen LogP) is 3.57. The van der Waals surface area contributed by atoms with Crippen molar-refractivity contribution in [1.82, 2.24) is 9.88 Å². The van der Waals surface area contributed by atoms with Gasteiger partial charge in [-0.3, -0.25) is 9.59 Å². The second-order valence-corrected chi connectivity index (χ2v) is 6.05. The Kier molecular flexibility index (Phi) is 5.49. The Morgan fingerprint density at radius 2 is 1.71 bits per heavy atom. The van der Waals surface area contributed by atoms with E-state index in [1.165, 1.54) is 0 Å². The molecular weight excluding hydrogens is 371 g/mol. The molecule has 3 aromatic rings. The number of nitrogens with zero attached hydrogens (tertiary/aromatic N) is 1. The molecule has 0 aliphatic heterocycles. The van der Waals surface area contributed by atoms with Crippen molar-refractivity contribution >= 4 is 17.5 Å². The average molecular weight is 387 g/mol. The molecule has 0 spiro atoms. The summed E-state index contributed by atoms with van der Waals surface area (Å²) in [6.07, 6.45) is 3.68. The zero-order chi connectivity index (χ0) is 20.3. The zero-order valence-electron chi connectivity index (χ0n) is 14.8. The Morgan fingerprint density at radius 1 is 1.00 bits per heavy atom. The van der Waals surface area contributed by atoms with Crippen molar-refractivity contribution in [3.8, 4) is 5.69 Å². The van der Waals surface area contributed by atoms with Crippen LogP contribution in [-0.4, -0.2) is 22.9 Å². The van der Waals surface area contributed by atoms with E-state index in [1.807, 2.05) is 36.0 Å². The molecule has 0 aliphatic carbocycles. The lowest BCUT2D eigenvalue weighted by Crippen LogP contribution is -2.33. The number of anilines is 1. The van der Waals surface area contributed by atoms with Crippen LogP contribution in [0.25, 0.3) is 5.69 Å². The Balaban J connectivity index is 1.65. The Bertz CT molecular complexity index is 1030. The summed E-state index contributed by atoms with van der Waals surface area (Å²) in [5, 5.41) is 4.49. The molecule has 2 N–H and O–H groups in total. The lowest BCUT2D eigenvalue weighted by molar-refractivity contribution is -0.115. The van der Waals surface area contributed by atoms with Crippen LogP contribution in [0.5, 0.6) is 0 Å². The number of aromatic nitrogens is 1. The number of benzene rings is 2. The van der Waals surface area contributed by atoms with Crippen molar-refractivity contribution in [2.45, 2.75) is 6.92 Å². The van der Waals surface area contributed by atoms with E-state index < -0.39 is 41.5 Å². The maximum Gasteiger partial charge on any atom is 0.251 e. The van der Waals surface area contributed by atoms with E-state index in [2.05, 4.69) is 10.6 Å². The van der Waals surface area contributed by atoms with Gasteiger partial charge in [0.05, 0.1) is 12.2 Å². The molecule has 0 saturated carbocycles. The van der Waals surface area contributed by atoms with Gasteiger partial charge < -0.3 is 15.2 Å². The standard InChI is InChI=1S/C20H16F3N3O2/c1-12-4-5-13(10-16(12)26-8-2-3-9-26)20(28)24-11-17(27)25-15-7-6-14(21)18(22)19(15)23/h2-10H,11H2,1H3,(H,24,28)(H,25,27). The number of rotatable bonds is 5. The van der Waals surface area contributed by atoms with E-state index in [4.69, 9.17) is 0 Å². The van der Waals surface area contributed by atoms with Crippen LogP contribution in [0.1, 0.15) is 15.9 Å². The summed E-state index contributed by atoms with van der Waals surface area (Å²) in [7, 11) is 0. The number of halogens is 3. The Hall–Kier alpha value is -3.55. The van der Waals surface area contributed by atoms with Gasteiger partial charge in [-0.1, -0.05) is 6.07 Å². The van der Waals surface area contributed by atoms with Gasteiger partial charge in [0.15, 0.2) is 17.5 Å². The number of aryl methyl sites for hydroxylation is 1. The monoisotopic (exact) mass is 387 g/mol. The molecule has 1 aromatic heterocycles. The summed E-state index contributed by atoms with van der Waals surface area (Å²) in [5.41, 5.74) is 1.59. The minimum Gasteiger partial charge on any atom is -0.343 e. The van der Waals surface area contributed by atoms with Gasteiger partial charge in [-0.05, 0) is 48.9 Å². The van der Waals surface area contributed by atoms with Crippen molar-refractivity contribution in [1.29, 1.82) is 0 Å². The number of carbonyl (C=O) groups excluding carboxylic acids is 2. The summed E-state index contributed by atoms with van der Waals surface area (Å²) in [4.78, 5) is 24.2. The minimum absolute atomic E-state index is 0.334. The fraction of sp³-hybridized carbons (Fsp3) is 0.100. The molecule has 0 unspecified atom stereocenters. The normalized spacial score (nSPS) is 10.6. The quantitative estimate of drug-likeness (QED) is 0.658. The number of amides is 2. The smallest absolute Gasteiger partial charge is 0.251 e. The number of carbonyl (C=O) groups is 2. The first kappa shape index (κ1) is 19.2. The van der Waals surface area contributed by atoms with Crippen LogP contribution >= 0.6 is 0 Å². The molecule has 2 aromatic carbocycles. The van der Waals surface area contributed by atoms with Gasteiger partial charge in [0.25, 0.3) is 5.91 Å². The van der Waals surface area contributed by atoms with Gasteiger partial charge in [0.2, 0.25) is 5.91 Å². The van der Waals surface area contributed by atoms with Crippen molar-refractivity contribution in [3.05, 3.63) is 83.4 Å². The fourth-order valence-electron chi connectivity index (χ4n) is 2.60. The number of nitrogens with one attached hydrogen (secondary N) is 2. The summed E-state index contributed by atoms with van der Waals surface area (Å²) in [5.74, 6) is -5.83. The third kappa shape index (κ3) is 4.06. The van der Waals surface area contributed by atoms with E-state index in [1.54, 1.807) is 18.2 Å². The molecule has 0 saturated heterocycles. The van der Waals surface area contributed by atoms with E-state index in [9.17, 15) is 22.8 Å². The number of hydrogen-bond donors (Lipinski definition) is 2. The Labute approximate surface area is 158 Å². The molecule has 0 fully saturated rings. The first-order valence-corrected chi connectivity index (χ1v) is 8.32. The Morgan fingerprint density at radius 3 is 2.43 bits per heavy atom. The molecular formula is C20H16F3N3O2. The largest absolute Gasteiger partial charge is 0.343 e. The molecule has 144 valence electrons. The molecule has 5 nitrogen and oxygen atoms in total. The second-order valence-electron chi connectivity index (χ2n) is 6.05. The topological polar surface area (TPSA) is 63.1 Å². The summed E-state index contributed by atoms with van der Waals surface area (Å²) in [6, 6.07) is 10.4. The van der Waals surface area contributed by atoms with Crippen molar-refractivity contribution in [2.24, 2.45) is 0 Å². The highest BCUT2D eigenvalue weighted by Crippen LogP contribution is 2.19. The molecule has 3 rings (SSSR count). The molecule has 2 amide bonds. The maximum absolute atomic E-state index is 13.6. The molecule has 0 aliphatic rings. The fourth-order valence-corrected chi connectivity index (χ4v) is 2.60. The van der Waals surface area contributed by atoms with Crippen LogP contribution in [0.15, 0.2) is 54.9 Å². The first-order valence-electron chi connectivity index (χ1n) is 8.32. The van der Waals surface area contributed by atoms with Crippen LogP contribution < -0.4 is 10.6 Å². The molecule has 1 heterocycles. The summed E-state index contributed by atoms with van der Waals surface area (Å²) in [6.45, 7) is 1.44. The highest BCUT2D eigenvalue weighted by Gasteiger charge is 2.16. The minimum atomic E-state index is -1.68. The zero-order valence-corrected chi connectivity index (χ0v) is 14.8. The van der Waals surface area contributed by atoms with E-state index >= 15 is 0 Å². The van der Waals surface area contributed by atoms with E-state index in [-0.39, 0.29) is 0 Å². The van der Waals surface area contributed by atoms with Crippen molar-refractivity contribution in [2.75, 3.05) is 11.9 Å². The highest BCUT2D eigenvalue weighted by atomic mass is 19.2. The van der Waals surface area contributed by atoms with Gasteiger partial charge in [0.1, 0.15) is 0 Å². The first-order chi connectivity index (χ1) is 13.4. The SMILES string of the molecule is Cc1ccc(C(=O)NCC(=O)Nc2ccc(F)c(F)c2F)cc1-n1cccc1. The van der Waals surface area contributed by atoms with Gasteiger partial charge in [-0.2, -0.15) is 0 Å². The summed E-state index contributed by atoms with van der Waals surface area (Å²) < 4.78 is 41.5. The van der Waals surface area contributed by atoms with Crippen LogP contribution in [0.2, 0.25) is 0 Å². The molecule has 8 heteroatoms. The van der Waals surface area contributed by atoms with Crippen LogP contribution in [-0.2, 0) is 4.79 Å². The second kappa shape index (κ2) is 7.99. The van der Waals surface area contributed by atoms with E-state index in [0.717, 1.165) is 17.3 Å². The summed E-state index contributed by atoms with van der Waals surface area (Å²) >= 11 is 0. The third-order valence-corrected chi connectivity index (χ3v) is 4.07. The molecule has 0 atom stereocenters. The van der Waals surface area contributed by atoms with Crippen molar-refractivity contribution < 1.29 is 22.8 Å². The van der Waals surface area contributed by atoms with Crippen LogP contribution in [0.3, 0.4) is 0 Å². The highest BCUT2D eigenvalue weighted by molar-refractivity contribution is 5.99. The lowest BCUT2D eigenvalue weighted by Gasteiger charge is -2.11. The average Bonchev–Trinajstić information content (AvgIpc) is 3.21. The van der Waals surface area contributed by atoms with Crippen molar-refractivity contribution in [3.63, 3.8) is 0 Å². The number of hydrogen-bond acceptors (Lipinski definition) is 2. The molecule has 28 heavy (non-hydrogen) atoms. The maximum atomic E-state index is 13.6. The van der Waals surface area contributed by atoms with Gasteiger partial charge in [0, 0.05) is 23.6 Å². The van der Waals surface area contributed by atoms with Crippen LogP contribution in [0, 0.1) is 24.4 Å². The third-order valence-electron chi connectivity index (χ3n) is 4.07. The lowest BCUT2D eigenvalue weighted by atomic mass is 10.1. The molecule has 0 radical (unpaired) electrons. The van der Waals surface area contributed by atoms with E-state index in [0.29, 0.717) is 11.6 Å².